The number of unbranched alkanes of at least 4 members (excludes halogenated alkanes) is 3. The van der Waals surface area contributed by atoms with Gasteiger partial charge in [-0.05, 0) is 38.2 Å². The molecular weight excluding hydrogens is 396 g/mol. The SMILES string of the molecule is CCCCCCn1nc(C(=O)OCC(=O)NC2(C#N)CCCC2)c2ccccc2c1=O. The van der Waals surface area contributed by atoms with Gasteiger partial charge in [0.05, 0.1) is 11.5 Å². The van der Waals surface area contributed by atoms with Crippen molar-refractivity contribution in [3.63, 3.8) is 0 Å². The van der Waals surface area contributed by atoms with Gasteiger partial charge in [0.25, 0.3) is 11.5 Å². The second kappa shape index (κ2) is 10.2. The number of aromatic nitrogens is 2. The fourth-order valence-electron chi connectivity index (χ4n) is 3.97. The Bertz CT molecular complexity index is 1050. The second-order valence-electron chi connectivity index (χ2n) is 8.01. The molecule has 1 aromatic carbocycles. The van der Waals surface area contributed by atoms with Gasteiger partial charge in [0.1, 0.15) is 5.54 Å². The monoisotopic (exact) mass is 424 g/mol. The molecular formula is C23H28N4O4. The molecule has 1 aliphatic carbocycles. The molecule has 8 heteroatoms. The van der Waals surface area contributed by atoms with Crippen LogP contribution in [0, 0.1) is 11.3 Å². The van der Waals surface area contributed by atoms with E-state index in [-0.39, 0.29) is 11.3 Å². The molecule has 0 aliphatic heterocycles. The van der Waals surface area contributed by atoms with Crippen molar-refractivity contribution in [1.82, 2.24) is 15.1 Å². The first-order valence-corrected chi connectivity index (χ1v) is 10.9. The van der Waals surface area contributed by atoms with Crippen LogP contribution in [-0.4, -0.2) is 33.8 Å². The quantitative estimate of drug-likeness (QED) is 0.489. The van der Waals surface area contributed by atoms with E-state index in [1.807, 2.05) is 0 Å². The summed E-state index contributed by atoms with van der Waals surface area (Å²) in [6, 6.07) is 8.92. The Morgan fingerprint density at radius 3 is 2.58 bits per heavy atom. The highest BCUT2D eigenvalue weighted by molar-refractivity contribution is 6.02. The first kappa shape index (κ1) is 22.5. The number of hydrogen-bond donors (Lipinski definition) is 1. The third-order valence-electron chi connectivity index (χ3n) is 5.67. The number of esters is 1. The molecule has 1 aromatic heterocycles. The summed E-state index contributed by atoms with van der Waals surface area (Å²) >= 11 is 0. The number of nitrogens with one attached hydrogen (secondary N) is 1. The number of nitriles is 1. The maximum Gasteiger partial charge on any atom is 0.359 e. The minimum absolute atomic E-state index is 0.00866. The average Bonchev–Trinajstić information content (AvgIpc) is 3.25. The van der Waals surface area contributed by atoms with Crippen LogP contribution in [0.3, 0.4) is 0 Å². The summed E-state index contributed by atoms with van der Waals surface area (Å²) < 4.78 is 6.50. The van der Waals surface area contributed by atoms with E-state index in [1.54, 1.807) is 24.3 Å². The summed E-state index contributed by atoms with van der Waals surface area (Å²) in [5.74, 6) is -1.29. The van der Waals surface area contributed by atoms with Crippen molar-refractivity contribution < 1.29 is 14.3 Å². The number of carbonyl (C=O) groups excluding carboxylic acids is 2. The van der Waals surface area contributed by atoms with Crippen molar-refractivity contribution in [3.05, 3.63) is 40.3 Å². The fraction of sp³-hybridized carbons (Fsp3) is 0.522. The molecule has 1 aliphatic rings. The Morgan fingerprint density at radius 1 is 1.19 bits per heavy atom. The van der Waals surface area contributed by atoms with Gasteiger partial charge in [-0.25, -0.2) is 9.48 Å². The number of amides is 1. The molecule has 0 unspecified atom stereocenters. The van der Waals surface area contributed by atoms with Crippen molar-refractivity contribution in [2.45, 2.75) is 70.4 Å². The third-order valence-corrected chi connectivity index (χ3v) is 5.67. The molecule has 8 nitrogen and oxygen atoms in total. The zero-order valence-corrected chi connectivity index (χ0v) is 17.9. The van der Waals surface area contributed by atoms with Crippen LogP contribution in [0.15, 0.2) is 29.1 Å². The summed E-state index contributed by atoms with van der Waals surface area (Å²) in [7, 11) is 0. The van der Waals surface area contributed by atoms with Crippen LogP contribution in [0.1, 0.15) is 68.8 Å². The van der Waals surface area contributed by atoms with E-state index >= 15 is 0 Å². The van der Waals surface area contributed by atoms with Crippen LogP contribution in [-0.2, 0) is 16.1 Å². The van der Waals surface area contributed by atoms with Gasteiger partial charge in [0.2, 0.25) is 0 Å². The van der Waals surface area contributed by atoms with Crippen molar-refractivity contribution in [2.24, 2.45) is 0 Å². The first-order chi connectivity index (χ1) is 15.0. The summed E-state index contributed by atoms with van der Waals surface area (Å²) in [5.41, 5.74) is -1.12. The summed E-state index contributed by atoms with van der Waals surface area (Å²) in [6.45, 7) is 2.01. The van der Waals surface area contributed by atoms with Crippen molar-refractivity contribution in [1.29, 1.82) is 5.26 Å². The largest absolute Gasteiger partial charge is 0.451 e. The minimum atomic E-state index is -0.875. The molecule has 3 rings (SSSR count). The zero-order chi connectivity index (χ0) is 22.3. The molecule has 0 radical (unpaired) electrons. The molecule has 1 saturated carbocycles. The lowest BCUT2D eigenvalue weighted by atomic mass is 10.00. The number of ether oxygens (including phenoxy) is 1. The topological polar surface area (TPSA) is 114 Å². The Labute approximate surface area is 181 Å². The highest BCUT2D eigenvalue weighted by atomic mass is 16.5. The molecule has 1 fully saturated rings. The number of carbonyl (C=O) groups is 2. The Kier molecular flexibility index (Phi) is 7.40. The van der Waals surface area contributed by atoms with Gasteiger partial charge >= 0.3 is 5.97 Å². The van der Waals surface area contributed by atoms with Crippen LogP contribution < -0.4 is 10.9 Å². The molecule has 31 heavy (non-hydrogen) atoms. The van der Waals surface area contributed by atoms with Crippen LogP contribution in [0.2, 0.25) is 0 Å². The molecule has 164 valence electrons. The normalized spacial score (nSPS) is 14.8. The maximum absolute atomic E-state index is 12.7. The van der Waals surface area contributed by atoms with E-state index in [0.717, 1.165) is 38.5 Å². The summed E-state index contributed by atoms with van der Waals surface area (Å²) in [4.78, 5) is 37.8. The molecule has 0 spiro atoms. The Morgan fingerprint density at radius 2 is 1.90 bits per heavy atom. The molecule has 2 aromatic rings. The van der Waals surface area contributed by atoms with Gasteiger partial charge in [0, 0.05) is 11.9 Å². The number of rotatable bonds is 9. The fourth-order valence-corrected chi connectivity index (χ4v) is 3.97. The lowest BCUT2D eigenvalue weighted by molar-refractivity contribution is -0.125. The van der Waals surface area contributed by atoms with E-state index in [1.165, 1.54) is 4.68 Å². The van der Waals surface area contributed by atoms with Crippen molar-refractivity contribution in [3.8, 4) is 6.07 Å². The number of nitrogens with zero attached hydrogens (tertiary/aromatic N) is 3. The van der Waals surface area contributed by atoms with Crippen molar-refractivity contribution in [2.75, 3.05) is 6.61 Å². The van der Waals surface area contributed by atoms with Crippen LogP contribution in [0.25, 0.3) is 10.8 Å². The summed E-state index contributed by atoms with van der Waals surface area (Å²) in [6.07, 6.45) is 6.84. The maximum atomic E-state index is 12.7. The van der Waals surface area contributed by atoms with Gasteiger partial charge in [-0.3, -0.25) is 9.59 Å². The van der Waals surface area contributed by atoms with Crippen LogP contribution >= 0.6 is 0 Å². The zero-order valence-electron chi connectivity index (χ0n) is 17.9. The number of benzene rings is 1. The Balaban J connectivity index is 1.75. The molecule has 1 heterocycles. The van der Waals surface area contributed by atoms with Gasteiger partial charge < -0.3 is 10.1 Å². The standard InChI is InChI=1S/C23H28N4O4/c1-2-3-4-9-14-27-21(29)18-11-6-5-10-17(18)20(26-27)22(30)31-15-19(28)25-23(16-24)12-7-8-13-23/h5-6,10-11H,2-4,7-9,12-15H2,1H3,(H,25,28). The van der Waals surface area contributed by atoms with E-state index < -0.39 is 24.0 Å². The van der Waals surface area contributed by atoms with Crippen molar-refractivity contribution >= 4 is 22.6 Å². The van der Waals surface area contributed by atoms with E-state index in [4.69, 9.17) is 4.74 Å². The molecule has 0 atom stereocenters. The second-order valence-corrected chi connectivity index (χ2v) is 8.01. The third kappa shape index (κ3) is 5.29. The van der Waals surface area contributed by atoms with Gasteiger partial charge in [-0.1, -0.05) is 44.4 Å². The predicted octanol–water partition coefficient (Wildman–Crippen LogP) is 3.09. The molecule has 0 bridgehead atoms. The van der Waals surface area contributed by atoms with Crippen LogP contribution in [0.5, 0.6) is 0 Å². The highest BCUT2D eigenvalue weighted by Crippen LogP contribution is 2.28. The lowest BCUT2D eigenvalue weighted by Crippen LogP contribution is -2.46. The average molecular weight is 425 g/mol. The van der Waals surface area contributed by atoms with Crippen LogP contribution in [0.4, 0.5) is 0 Å². The van der Waals surface area contributed by atoms with E-state index in [0.29, 0.717) is 30.2 Å². The van der Waals surface area contributed by atoms with Gasteiger partial charge in [0.15, 0.2) is 12.3 Å². The first-order valence-electron chi connectivity index (χ1n) is 10.9. The number of fused-ring (bicyclic) bond motifs is 1. The van der Waals surface area contributed by atoms with Gasteiger partial charge in [-0.15, -0.1) is 0 Å². The summed E-state index contributed by atoms with van der Waals surface area (Å²) in [5, 5.41) is 17.1. The molecule has 0 saturated heterocycles. The Hall–Kier alpha value is -3.21. The van der Waals surface area contributed by atoms with Gasteiger partial charge in [-0.2, -0.15) is 10.4 Å². The van der Waals surface area contributed by atoms with E-state index in [9.17, 15) is 19.6 Å². The lowest BCUT2D eigenvalue weighted by Gasteiger charge is -2.21. The highest BCUT2D eigenvalue weighted by Gasteiger charge is 2.35. The number of aryl methyl sites for hydroxylation is 1. The number of hydrogen-bond acceptors (Lipinski definition) is 6. The molecule has 1 amide bonds. The minimum Gasteiger partial charge on any atom is -0.451 e. The van der Waals surface area contributed by atoms with E-state index in [2.05, 4.69) is 23.4 Å². The molecule has 1 N–H and O–H groups in total. The predicted molar refractivity (Wildman–Crippen MR) is 115 cm³/mol. The smallest absolute Gasteiger partial charge is 0.359 e.